The second-order valence-corrected chi connectivity index (χ2v) is 8.31. The molecule has 5 heteroatoms. The molecule has 1 amide bonds. The molecule has 0 radical (unpaired) electrons. The minimum Gasteiger partial charge on any atom is -0.350 e. The number of nitrogens with one attached hydrogen (secondary N) is 1. The Bertz CT molecular complexity index is 785. The van der Waals surface area contributed by atoms with Gasteiger partial charge in [0.15, 0.2) is 9.84 Å². The van der Waals surface area contributed by atoms with Crippen molar-refractivity contribution >= 4 is 15.7 Å². The molecule has 0 bridgehead atoms. The SMILES string of the molecule is CC(CCc1ccccc1)NC(=O)c1cccc(CS(C)(=O)=O)c1. The molecule has 2 rings (SSSR count). The van der Waals surface area contributed by atoms with Crippen LogP contribution in [-0.2, 0) is 22.0 Å². The molecule has 0 aliphatic carbocycles. The minimum absolute atomic E-state index is 0.0382. The summed E-state index contributed by atoms with van der Waals surface area (Å²) in [6, 6.07) is 16.9. The second-order valence-electron chi connectivity index (χ2n) is 6.17. The Labute approximate surface area is 143 Å². The Morgan fingerprint density at radius 1 is 1.04 bits per heavy atom. The van der Waals surface area contributed by atoms with Crippen LogP contribution in [0.2, 0.25) is 0 Å². The van der Waals surface area contributed by atoms with Crippen LogP contribution in [0.15, 0.2) is 54.6 Å². The summed E-state index contributed by atoms with van der Waals surface area (Å²) in [5.41, 5.74) is 2.36. The molecule has 0 aliphatic heterocycles. The highest BCUT2D eigenvalue weighted by atomic mass is 32.2. The first kappa shape index (κ1) is 18.2. The molecular formula is C19H23NO3S. The molecule has 0 spiro atoms. The average Bonchev–Trinajstić information content (AvgIpc) is 2.52. The van der Waals surface area contributed by atoms with Crippen LogP contribution < -0.4 is 5.32 Å². The second kappa shape index (κ2) is 8.11. The summed E-state index contributed by atoms with van der Waals surface area (Å²) in [4.78, 5) is 12.3. The van der Waals surface area contributed by atoms with Gasteiger partial charge >= 0.3 is 0 Å². The number of benzene rings is 2. The highest BCUT2D eigenvalue weighted by Gasteiger charge is 2.12. The summed E-state index contributed by atoms with van der Waals surface area (Å²) < 4.78 is 22.8. The van der Waals surface area contributed by atoms with Gasteiger partial charge in [-0.15, -0.1) is 0 Å². The number of hydrogen-bond acceptors (Lipinski definition) is 3. The van der Waals surface area contributed by atoms with Crippen LogP contribution in [0.3, 0.4) is 0 Å². The number of carbonyl (C=O) groups is 1. The smallest absolute Gasteiger partial charge is 0.251 e. The van der Waals surface area contributed by atoms with Crippen LogP contribution in [0.25, 0.3) is 0 Å². The van der Waals surface area contributed by atoms with Crippen LogP contribution in [0.1, 0.15) is 34.8 Å². The van der Waals surface area contributed by atoms with E-state index in [0.29, 0.717) is 11.1 Å². The summed E-state index contributed by atoms with van der Waals surface area (Å²) in [7, 11) is -3.11. The standard InChI is InChI=1S/C19H23NO3S/c1-15(11-12-16-7-4-3-5-8-16)20-19(21)18-10-6-9-17(13-18)14-24(2,22)23/h3-10,13,15H,11-12,14H2,1-2H3,(H,20,21). The first-order valence-electron chi connectivity index (χ1n) is 7.95. The third kappa shape index (κ3) is 6.16. The molecule has 24 heavy (non-hydrogen) atoms. The molecule has 128 valence electrons. The molecule has 0 saturated carbocycles. The van der Waals surface area contributed by atoms with E-state index in [1.54, 1.807) is 24.3 Å². The van der Waals surface area contributed by atoms with Crippen LogP contribution in [0, 0.1) is 0 Å². The van der Waals surface area contributed by atoms with Gasteiger partial charge in [-0.25, -0.2) is 8.42 Å². The summed E-state index contributed by atoms with van der Waals surface area (Å²) in [6.45, 7) is 1.97. The third-order valence-corrected chi connectivity index (χ3v) is 4.56. The van der Waals surface area contributed by atoms with Gasteiger partial charge in [0.1, 0.15) is 0 Å². The molecule has 0 aliphatic rings. The number of rotatable bonds is 7. The zero-order chi connectivity index (χ0) is 17.6. The van der Waals surface area contributed by atoms with E-state index in [2.05, 4.69) is 17.4 Å². The molecule has 4 nitrogen and oxygen atoms in total. The molecule has 0 aromatic heterocycles. The van der Waals surface area contributed by atoms with Crippen LogP contribution in [0.5, 0.6) is 0 Å². The van der Waals surface area contributed by atoms with Gasteiger partial charge in [0.25, 0.3) is 5.91 Å². The fourth-order valence-corrected chi connectivity index (χ4v) is 3.30. The molecule has 0 heterocycles. The number of amides is 1. The van der Waals surface area contributed by atoms with Crippen molar-refractivity contribution in [3.8, 4) is 0 Å². The van der Waals surface area contributed by atoms with Crippen molar-refractivity contribution in [3.63, 3.8) is 0 Å². The van der Waals surface area contributed by atoms with Gasteiger partial charge in [-0.05, 0) is 43.0 Å². The number of aryl methyl sites for hydroxylation is 1. The van der Waals surface area contributed by atoms with E-state index >= 15 is 0 Å². The van der Waals surface area contributed by atoms with Crippen LogP contribution in [0.4, 0.5) is 0 Å². The lowest BCUT2D eigenvalue weighted by atomic mass is 10.1. The van der Waals surface area contributed by atoms with Gasteiger partial charge in [0.05, 0.1) is 5.75 Å². The van der Waals surface area contributed by atoms with Gasteiger partial charge in [-0.3, -0.25) is 4.79 Å². The van der Waals surface area contributed by atoms with E-state index in [4.69, 9.17) is 0 Å². The fraction of sp³-hybridized carbons (Fsp3) is 0.316. The Morgan fingerprint density at radius 2 is 1.71 bits per heavy atom. The lowest BCUT2D eigenvalue weighted by molar-refractivity contribution is 0.0938. The zero-order valence-electron chi connectivity index (χ0n) is 14.0. The number of hydrogen-bond donors (Lipinski definition) is 1. The van der Waals surface area contributed by atoms with E-state index in [0.717, 1.165) is 12.8 Å². The average molecular weight is 345 g/mol. The van der Waals surface area contributed by atoms with E-state index < -0.39 is 9.84 Å². The molecule has 2 aromatic rings. The molecule has 1 atom stereocenters. The van der Waals surface area contributed by atoms with Crippen molar-refractivity contribution < 1.29 is 13.2 Å². The quantitative estimate of drug-likeness (QED) is 0.839. The Hall–Kier alpha value is -2.14. The lowest BCUT2D eigenvalue weighted by Gasteiger charge is -2.14. The van der Waals surface area contributed by atoms with Crippen LogP contribution in [-0.4, -0.2) is 26.6 Å². The van der Waals surface area contributed by atoms with Crippen molar-refractivity contribution in [1.29, 1.82) is 0 Å². The maximum absolute atomic E-state index is 12.3. The van der Waals surface area contributed by atoms with Crippen molar-refractivity contribution in [2.75, 3.05) is 6.26 Å². The van der Waals surface area contributed by atoms with Crippen LogP contribution >= 0.6 is 0 Å². The minimum atomic E-state index is -3.11. The predicted octanol–water partition coefficient (Wildman–Crippen LogP) is 2.98. The van der Waals surface area contributed by atoms with E-state index in [-0.39, 0.29) is 17.7 Å². The van der Waals surface area contributed by atoms with Crippen molar-refractivity contribution in [1.82, 2.24) is 5.32 Å². The topological polar surface area (TPSA) is 63.2 Å². The Balaban J connectivity index is 1.93. The molecule has 0 fully saturated rings. The van der Waals surface area contributed by atoms with Gasteiger partial charge < -0.3 is 5.32 Å². The first-order chi connectivity index (χ1) is 11.3. The van der Waals surface area contributed by atoms with Crippen molar-refractivity contribution in [2.45, 2.75) is 31.6 Å². The monoisotopic (exact) mass is 345 g/mol. The van der Waals surface area contributed by atoms with E-state index in [9.17, 15) is 13.2 Å². The van der Waals surface area contributed by atoms with Gasteiger partial charge in [0, 0.05) is 17.9 Å². The van der Waals surface area contributed by atoms with Gasteiger partial charge in [-0.2, -0.15) is 0 Å². The largest absolute Gasteiger partial charge is 0.350 e. The van der Waals surface area contributed by atoms with Gasteiger partial charge in [0.2, 0.25) is 0 Å². The van der Waals surface area contributed by atoms with Gasteiger partial charge in [-0.1, -0.05) is 42.5 Å². The molecule has 1 unspecified atom stereocenters. The highest BCUT2D eigenvalue weighted by Crippen LogP contribution is 2.10. The predicted molar refractivity (Wildman–Crippen MR) is 96.7 cm³/mol. The first-order valence-corrected chi connectivity index (χ1v) is 10.0. The normalized spacial score (nSPS) is 12.6. The summed E-state index contributed by atoms with van der Waals surface area (Å²) in [6.07, 6.45) is 2.93. The lowest BCUT2D eigenvalue weighted by Crippen LogP contribution is -2.32. The highest BCUT2D eigenvalue weighted by molar-refractivity contribution is 7.89. The fourth-order valence-electron chi connectivity index (χ4n) is 2.51. The number of carbonyl (C=O) groups excluding carboxylic acids is 1. The van der Waals surface area contributed by atoms with Crippen molar-refractivity contribution in [3.05, 3.63) is 71.3 Å². The number of sulfone groups is 1. The zero-order valence-corrected chi connectivity index (χ0v) is 14.8. The maximum atomic E-state index is 12.3. The summed E-state index contributed by atoms with van der Waals surface area (Å²) in [5.74, 6) is -0.233. The maximum Gasteiger partial charge on any atom is 0.251 e. The third-order valence-electron chi connectivity index (χ3n) is 3.70. The Kier molecular flexibility index (Phi) is 6.15. The summed E-state index contributed by atoms with van der Waals surface area (Å²) in [5, 5.41) is 2.97. The van der Waals surface area contributed by atoms with E-state index in [1.807, 2.05) is 25.1 Å². The van der Waals surface area contributed by atoms with Crippen molar-refractivity contribution in [2.24, 2.45) is 0 Å². The van der Waals surface area contributed by atoms with E-state index in [1.165, 1.54) is 11.8 Å². The Morgan fingerprint density at radius 3 is 2.38 bits per heavy atom. The summed E-state index contributed by atoms with van der Waals surface area (Å²) >= 11 is 0. The molecule has 0 saturated heterocycles. The molecular weight excluding hydrogens is 322 g/mol. The molecule has 1 N–H and O–H groups in total. The molecule has 2 aromatic carbocycles.